The fourth-order valence-electron chi connectivity index (χ4n) is 2.10. The number of aromatic carboxylic acids is 1. The predicted octanol–water partition coefficient (Wildman–Crippen LogP) is 1.14. The van der Waals surface area contributed by atoms with Gasteiger partial charge in [0.05, 0.1) is 16.7 Å². The second kappa shape index (κ2) is 5.77. The Balaban J connectivity index is 2.22. The number of nitrogens with zero attached hydrogens (tertiary/aromatic N) is 1. The van der Waals surface area contributed by atoms with Gasteiger partial charge in [0.1, 0.15) is 0 Å². The third-order valence-corrected chi connectivity index (χ3v) is 4.91. The molecule has 2 unspecified atom stereocenters. The molecule has 1 aliphatic rings. The molecular weight excluding hydrogens is 294 g/mol. The van der Waals surface area contributed by atoms with Crippen LogP contribution in [0.5, 0.6) is 0 Å². The summed E-state index contributed by atoms with van der Waals surface area (Å²) >= 11 is 0. The van der Waals surface area contributed by atoms with Crippen molar-refractivity contribution in [3.05, 3.63) is 34.9 Å². The average Bonchev–Trinajstić information content (AvgIpc) is 2.68. The molecule has 1 aromatic rings. The van der Waals surface area contributed by atoms with Gasteiger partial charge >= 0.3 is 5.97 Å². The van der Waals surface area contributed by atoms with Crippen LogP contribution in [-0.2, 0) is 10.8 Å². The van der Waals surface area contributed by atoms with Crippen molar-refractivity contribution in [1.82, 2.24) is 4.90 Å². The van der Waals surface area contributed by atoms with Crippen LogP contribution < -0.4 is 0 Å². The summed E-state index contributed by atoms with van der Waals surface area (Å²) < 4.78 is 11.3. The van der Waals surface area contributed by atoms with E-state index in [4.69, 9.17) is 5.11 Å². The zero-order valence-electron chi connectivity index (χ0n) is 11.7. The van der Waals surface area contributed by atoms with E-state index in [-0.39, 0.29) is 28.5 Å². The highest BCUT2D eigenvalue weighted by atomic mass is 32.2. The largest absolute Gasteiger partial charge is 0.478 e. The van der Waals surface area contributed by atoms with Gasteiger partial charge in [-0.15, -0.1) is 0 Å². The molecule has 0 aliphatic carbocycles. The van der Waals surface area contributed by atoms with Crippen molar-refractivity contribution in [1.29, 1.82) is 0 Å². The second-order valence-electron chi connectivity index (χ2n) is 4.93. The van der Waals surface area contributed by atoms with Crippen molar-refractivity contribution in [3.63, 3.8) is 0 Å². The number of carboxylic acid groups (broad SMARTS) is 1. The predicted molar refractivity (Wildman–Crippen MR) is 76.9 cm³/mol. The quantitative estimate of drug-likeness (QED) is 0.823. The Labute approximate surface area is 124 Å². The zero-order valence-corrected chi connectivity index (χ0v) is 12.5. The van der Waals surface area contributed by atoms with Crippen LogP contribution in [0.2, 0.25) is 0 Å². The number of benzene rings is 1. The highest BCUT2D eigenvalue weighted by Gasteiger charge is 2.35. The highest BCUT2D eigenvalue weighted by Crippen LogP contribution is 2.24. The van der Waals surface area contributed by atoms with Crippen molar-refractivity contribution < 1.29 is 23.7 Å². The third kappa shape index (κ3) is 2.87. The van der Waals surface area contributed by atoms with Gasteiger partial charge in [-0.1, -0.05) is 6.92 Å². The summed E-state index contributed by atoms with van der Waals surface area (Å²) in [7, 11) is -1.02. The van der Waals surface area contributed by atoms with E-state index >= 15 is 0 Å². The molecule has 0 aromatic heterocycles. The Bertz CT molecular complexity index is 655. The fraction of sp³-hybridized carbons (Fsp3) is 0.357. The smallest absolute Gasteiger partial charge is 0.335 e. The van der Waals surface area contributed by atoms with Gasteiger partial charge in [-0.25, -0.2) is 4.79 Å². The Hall–Kier alpha value is -2.02. The molecule has 0 spiro atoms. The lowest BCUT2D eigenvalue weighted by Crippen LogP contribution is -2.32. The van der Waals surface area contributed by atoms with Gasteiger partial charge in [0, 0.05) is 28.9 Å². The number of carbonyl (C=O) groups is 3. The molecule has 2 rings (SSSR count). The third-order valence-electron chi connectivity index (χ3n) is 3.54. The summed E-state index contributed by atoms with van der Waals surface area (Å²) in [5, 5.41) is 8.81. The molecule has 112 valence electrons. The summed E-state index contributed by atoms with van der Waals surface area (Å²) in [4.78, 5) is 36.4. The van der Waals surface area contributed by atoms with E-state index in [0.29, 0.717) is 6.42 Å². The number of rotatable bonds is 5. The Morgan fingerprint density at radius 1 is 1.29 bits per heavy atom. The summed E-state index contributed by atoms with van der Waals surface area (Å²) in [5.41, 5.74) is 0.306. The highest BCUT2D eigenvalue weighted by molar-refractivity contribution is 7.84. The van der Waals surface area contributed by atoms with Gasteiger partial charge in [-0.2, -0.15) is 0 Å². The first-order valence-corrected chi connectivity index (χ1v) is 8.00. The number of imide groups is 1. The summed E-state index contributed by atoms with van der Waals surface area (Å²) in [5.74, 6) is -2.07. The van der Waals surface area contributed by atoms with E-state index in [9.17, 15) is 18.6 Å². The molecule has 0 bridgehead atoms. The molecule has 21 heavy (non-hydrogen) atoms. The number of hydrogen-bond acceptors (Lipinski definition) is 4. The number of carboxylic acids is 1. The van der Waals surface area contributed by atoms with Crippen LogP contribution in [0, 0.1) is 0 Å². The fourth-order valence-corrected chi connectivity index (χ4v) is 2.54. The molecule has 1 aliphatic heterocycles. The Morgan fingerprint density at radius 2 is 1.90 bits per heavy atom. The van der Waals surface area contributed by atoms with Gasteiger partial charge in [-0.3, -0.25) is 18.7 Å². The molecule has 2 atom stereocenters. The number of amides is 2. The monoisotopic (exact) mass is 309 g/mol. The van der Waals surface area contributed by atoms with Crippen LogP contribution in [0.15, 0.2) is 18.2 Å². The molecule has 0 radical (unpaired) electrons. The van der Waals surface area contributed by atoms with E-state index in [2.05, 4.69) is 0 Å². The standard InChI is InChI=1S/C14H15NO5S/c1-8(21(2)20)5-6-15-12(16)10-4-3-9(14(18)19)7-11(10)13(15)17/h3-4,7-8H,5-6H2,1-2H3,(H,18,19). The maximum absolute atomic E-state index is 12.2. The minimum atomic E-state index is -1.15. The first kappa shape index (κ1) is 15.4. The van der Waals surface area contributed by atoms with Gasteiger partial charge in [0.15, 0.2) is 0 Å². The molecule has 6 nitrogen and oxygen atoms in total. The van der Waals surface area contributed by atoms with E-state index in [1.807, 2.05) is 0 Å². The topological polar surface area (TPSA) is 91.8 Å². The van der Waals surface area contributed by atoms with Gasteiger partial charge in [0.25, 0.3) is 11.8 Å². The minimum Gasteiger partial charge on any atom is -0.478 e. The lowest BCUT2D eigenvalue weighted by Gasteiger charge is -2.15. The second-order valence-corrected chi connectivity index (χ2v) is 6.73. The Morgan fingerprint density at radius 3 is 2.48 bits per heavy atom. The van der Waals surface area contributed by atoms with Crippen LogP contribution in [-0.4, -0.2) is 50.0 Å². The molecular formula is C14H15NO5S. The first-order valence-electron chi connectivity index (χ1n) is 6.38. The molecule has 0 saturated heterocycles. The van der Waals surface area contributed by atoms with Crippen molar-refractivity contribution >= 4 is 28.6 Å². The van der Waals surface area contributed by atoms with Gasteiger partial charge < -0.3 is 5.11 Å². The number of hydrogen-bond donors (Lipinski definition) is 1. The van der Waals surface area contributed by atoms with Crippen molar-refractivity contribution in [2.24, 2.45) is 0 Å². The molecule has 1 aromatic carbocycles. The van der Waals surface area contributed by atoms with Crippen molar-refractivity contribution in [3.8, 4) is 0 Å². The van der Waals surface area contributed by atoms with Crippen LogP contribution in [0.4, 0.5) is 0 Å². The number of fused-ring (bicyclic) bond motifs is 1. The van der Waals surface area contributed by atoms with E-state index < -0.39 is 28.6 Å². The molecule has 1 N–H and O–H groups in total. The molecule has 7 heteroatoms. The normalized spacial score (nSPS) is 16.8. The van der Waals surface area contributed by atoms with Gasteiger partial charge in [0.2, 0.25) is 0 Å². The van der Waals surface area contributed by atoms with Crippen molar-refractivity contribution in [2.45, 2.75) is 18.6 Å². The van der Waals surface area contributed by atoms with E-state index in [0.717, 1.165) is 4.90 Å². The van der Waals surface area contributed by atoms with Gasteiger partial charge in [-0.05, 0) is 24.6 Å². The van der Waals surface area contributed by atoms with Crippen molar-refractivity contribution in [2.75, 3.05) is 12.8 Å². The van der Waals surface area contributed by atoms with Crippen LogP contribution in [0.1, 0.15) is 44.4 Å². The lowest BCUT2D eigenvalue weighted by atomic mass is 10.1. The molecule has 1 heterocycles. The summed E-state index contributed by atoms with van der Waals surface area (Å²) in [6, 6.07) is 3.89. The Kier molecular flexibility index (Phi) is 4.22. The maximum Gasteiger partial charge on any atom is 0.335 e. The van der Waals surface area contributed by atoms with Crippen LogP contribution >= 0.6 is 0 Å². The van der Waals surface area contributed by atoms with E-state index in [1.165, 1.54) is 18.2 Å². The maximum atomic E-state index is 12.2. The lowest BCUT2D eigenvalue weighted by molar-refractivity contribution is 0.0651. The average molecular weight is 309 g/mol. The number of carbonyl (C=O) groups excluding carboxylic acids is 2. The minimum absolute atomic E-state index is 0.0280. The van der Waals surface area contributed by atoms with Crippen LogP contribution in [0.25, 0.3) is 0 Å². The molecule has 2 amide bonds. The molecule has 0 saturated carbocycles. The first-order chi connectivity index (χ1) is 9.82. The summed E-state index contributed by atoms with van der Waals surface area (Å²) in [6.45, 7) is 1.96. The van der Waals surface area contributed by atoms with E-state index in [1.54, 1.807) is 13.2 Å². The molecule has 0 fully saturated rings. The zero-order chi connectivity index (χ0) is 15.7. The SMILES string of the molecule is CC(CCN1C(=O)c2ccc(C(=O)O)cc2C1=O)S(C)=O. The summed E-state index contributed by atoms with van der Waals surface area (Å²) in [6.07, 6.45) is 2.02. The van der Waals surface area contributed by atoms with Crippen LogP contribution in [0.3, 0.4) is 0 Å².